The maximum absolute atomic E-state index is 6.13. The predicted molar refractivity (Wildman–Crippen MR) is 80.5 cm³/mol. The number of fused-ring (bicyclic) bond motifs is 3. The van der Waals surface area contributed by atoms with Crippen LogP contribution in [-0.4, -0.2) is 6.61 Å². The molecule has 3 rings (SSSR count). The van der Waals surface area contributed by atoms with Gasteiger partial charge in [-0.2, -0.15) is 0 Å². The van der Waals surface area contributed by atoms with Gasteiger partial charge in [0.2, 0.25) is 0 Å². The van der Waals surface area contributed by atoms with Gasteiger partial charge in [-0.3, -0.25) is 0 Å². The molecule has 1 heterocycles. The van der Waals surface area contributed by atoms with Crippen molar-refractivity contribution in [1.29, 1.82) is 0 Å². The van der Waals surface area contributed by atoms with Gasteiger partial charge in [0.25, 0.3) is 0 Å². The zero-order valence-corrected chi connectivity index (χ0v) is 12.2. The normalized spacial score (nSPS) is 23.4. The highest BCUT2D eigenvalue weighted by atomic mass is 16.5. The van der Waals surface area contributed by atoms with Gasteiger partial charge in [0.1, 0.15) is 0 Å². The summed E-state index contributed by atoms with van der Waals surface area (Å²) in [6, 6.07) is 13.2. The summed E-state index contributed by atoms with van der Waals surface area (Å²) in [7, 11) is 0. The third-order valence-electron chi connectivity index (χ3n) is 4.08. The zero-order valence-electron chi connectivity index (χ0n) is 12.2. The molecule has 0 N–H and O–H groups in total. The molecule has 0 fully saturated rings. The molecule has 1 heteroatoms. The van der Waals surface area contributed by atoms with Gasteiger partial charge in [0, 0.05) is 5.92 Å². The Labute approximate surface area is 115 Å². The van der Waals surface area contributed by atoms with Crippen LogP contribution in [-0.2, 0) is 4.74 Å². The van der Waals surface area contributed by atoms with E-state index < -0.39 is 0 Å². The lowest BCUT2D eigenvalue weighted by Crippen LogP contribution is -2.28. The predicted octanol–water partition coefficient (Wildman–Crippen LogP) is 5.06. The molecule has 0 saturated carbocycles. The molecule has 0 amide bonds. The minimum absolute atomic E-state index is 0.136. The number of hydrogen-bond acceptors (Lipinski definition) is 1. The Kier molecular flexibility index (Phi) is 2.90. The summed E-state index contributed by atoms with van der Waals surface area (Å²) in [5.41, 5.74) is 3.01. The maximum atomic E-state index is 6.13. The third kappa shape index (κ3) is 2.06. The fourth-order valence-corrected chi connectivity index (χ4v) is 3.22. The number of benzene rings is 2. The molecule has 100 valence electrons. The van der Waals surface area contributed by atoms with E-state index in [0.29, 0.717) is 5.92 Å². The van der Waals surface area contributed by atoms with Gasteiger partial charge in [-0.15, -0.1) is 0 Å². The van der Waals surface area contributed by atoms with E-state index in [-0.39, 0.29) is 11.5 Å². The molecule has 0 bridgehead atoms. The number of ether oxygens (including phenoxy) is 1. The molecule has 0 unspecified atom stereocenters. The summed E-state index contributed by atoms with van der Waals surface area (Å²) in [6.45, 7) is 9.86. The van der Waals surface area contributed by atoms with Crippen molar-refractivity contribution in [2.75, 3.05) is 6.61 Å². The van der Waals surface area contributed by atoms with Gasteiger partial charge in [-0.25, -0.2) is 0 Å². The van der Waals surface area contributed by atoms with Crippen LogP contribution in [0.3, 0.4) is 0 Å². The van der Waals surface area contributed by atoms with Crippen molar-refractivity contribution in [2.24, 2.45) is 5.41 Å². The molecule has 19 heavy (non-hydrogen) atoms. The summed E-state index contributed by atoms with van der Waals surface area (Å²) in [4.78, 5) is 0. The van der Waals surface area contributed by atoms with Gasteiger partial charge in [-0.1, -0.05) is 64.1 Å². The lowest BCUT2D eigenvalue weighted by Gasteiger charge is -2.38. The van der Waals surface area contributed by atoms with Crippen molar-refractivity contribution in [3.8, 4) is 0 Å². The van der Waals surface area contributed by atoms with Crippen molar-refractivity contribution < 1.29 is 4.74 Å². The smallest absolute Gasteiger partial charge is 0.0876 e. The molecule has 1 nitrogen and oxygen atoms in total. The minimum atomic E-state index is 0.136. The molecule has 0 spiro atoms. The highest BCUT2D eigenvalue weighted by Gasteiger charge is 2.34. The Morgan fingerprint density at radius 2 is 1.79 bits per heavy atom. The SMILES string of the molecule is C[C@H]1CO[C@@H](C(C)(C)C)c2ccc3ccccc3c21. The molecule has 2 aromatic carbocycles. The van der Waals surface area contributed by atoms with Gasteiger partial charge >= 0.3 is 0 Å². The molecule has 0 saturated heterocycles. The van der Waals surface area contributed by atoms with E-state index in [1.54, 1.807) is 0 Å². The molecular weight excluding hydrogens is 232 g/mol. The van der Waals surface area contributed by atoms with Crippen LogP contribution >= 0.6 is 0 Å². The first-order valence-corrected chi connectivity index (χ1v) is 7.11. The Hall–Kier alpha value is -1.34. The fourth-order valence-electron chi connectivity index (χ4n) is 3.22. The summed E-state index contributed by atoms with van der Waals surface area (Å²) >= 11 is 0. The van der Waals surface area contributed by atoms with Crippen LogP contribution in [0.5, 0.6) is 0 Å². The molecule has 2 atom stereocenters. The average molecular weight is 254 g/mol. The number of rotatable bonds is 0. The monoisotopic (exact) mass is 254 g/mol. The van der Waals surface area contributed by atoms with E-state index in [1.165, 1.54) is 21.9 Å². The number of hydrogen-bond donors (Lipinski definition) is 0. The largest absolute Gasteiger partial charge is 0.372 e. The topological polar surface area (TPSA) is 9.23 Å². The molecule has 0 aromatic heterocycles. The highest BCUT2D eigenvalue weighted by Crippen LogP contribution is 2.45. The molecule has 2 aromatic rings. The van der Waals surface area contributed by atoms with Crippen LogP contribution in [0.1, 0.15) is 50.8 Å². The summed E-state index contributed by atoms with van der Waals surface area (Å²) < 4.78 is 6.13. The lowest BCUT2D eigenvalue weighted by molar-refractivity contribution is -0.0362. The lowest BCUT2D eigenvalue weighted by atomic mass is 9.77. The minimum Gasteiger partial charge on any atom is -0.372 e. The van der Waals surface area contributed by atoms with Crippen LogP contribution in [0.25, 0.3) is 10.8 Å². The molecule has 1 aliphatic rings. The second-order valence-electron chi connectivity index (χ2n) is 6.77. The van der Waals surface area contributed by atoms with Gasteiger partial charge in [0.05, 0.1) is 12.7 Å². The Balaban J connectivity index is 2.27. The van der Waals surface area contributed by atoms with Crippen LogP contribution in [0.4, 0.5) is 0 Å². The van der Waals surface area contributed by atoms with Crippen molar-refractivity contribution >= 4 is 10.8 Å². The van der Waals surface area contributed by atoms with E-state index >= 15 is 0 Å². The van der Waals surface area contributed by atoms with Crippen LogP contribution in [0.2, 0.25) is 0 Å². The van der Waals surface area contributed by atoms with Gasteiger partial charge < -0.3 is 4.74 Å². The van der Waals surface area contributed by atoms with Crippen molar-refractivity contribution in [3.63, 3.8) is 0 Å². The van der Waals surface area contributed by atoms with E-state index in [9.17, 15) is 0 Å². The average Bonchev–Trinajstić information content (AvgIpc) is 2.37. The second-order valence-corrected chi connectivity index (χ2v) is 6.77. The van der Waals surface area contributed by atoms with Crippen molar-refractivity contribution in [3.05, 3.63) is 47.5 Å². The van der Waals surface area contributed by atoms with E-state index in [0.717, 1.165) is 6.61 Å². The summed E-state index contributed by atoms with van der Waals surface area (Å²) in [5, 5.41) is 2.73. The van der Waals surface area contributed by atoms with Crippen LogP contribution in [0, 0.1) is 5.41 Å². The van der Waals surface area contributed by atoms with Crippen LogP contribution < -0.4 is 0 Å². The quantitative estimate of drug-likeness (QED) is 0.638. The Morgan fingerprint density at radius 1 is 1.05 bits per heavy atom. The molecule has 0 aliphatic carbocycles. The standard InChI is InChI=1S/C18H22O/c1-12-11-19-17(18(2,3)4)15-10-9-13-7-5-6-8-14(13)16(12)15/h5-10,12,17H,11H2,1-4H3/t12-,17+/m0/s1. The van der Waals surface area contributed by atoms with Crippen molar-refractivity contribution in [1.82, 2.24) is 0 Å². The Bertz CT molecular complexity index is 607. The first-order valence-electron chi connectivity index (χ1n) is 7.11. The molecule has 1 aliphatic heterocycles. The van der Waals surface area contributed by atoms with E-state index in [4.69, 9.17) is 4.74 Å². The van der Waals surface area contributed by atoms with Gasteiger partial charge in [0.15, 0.2) is 0 Å². The van der Waals surface area contributed by atoms with E-state index in [1.807, 2.05) is 0 Å². The fraction of sp³-hybridized carbons (Fsp3) is 0.444. The maximum Gasteiger partial charge on any atom is 0.0876 e. The second kappa shape index (κ2) is 4.35. The van der Waals surface area contributed by atoms with Crippen molar-refractivity contribution in [2.45, 2.75) is 39.7 Å². The van der Waals surface area contributed by atoms with Gasteiger partial charge in [-0.05, 0) is 27.3 Å². The summed E-state index contributed by atoms with van der Waals surface area (Å²) in [6.07, 6.45) is 0.198. The first kappa shape index (κ1) is 12.7. The molecular formula is C18H22O. The zero-order chi connectivity index (χ0) is 13.6. The first-order chi connectivity index (χ1) is 8.98. The summed E-state index contributed by atoms with van der Waals surface area (Å²) in [5.74, 6) is 0.472. The third-order valence-corrected chi connectivity index (χ3v) is 4.08. The Morgan fingerprint density at radius 3 is 2.53 bits per heavy atom. The highest BCUT2D eigenvalue weighted by molar-refractivity contribution is 5.87. The van der Waals surface area contributed by atoms with E-state index in [2.05, 4.69) is 64.1 Å². The van der Waals surface area contributed by atoms with Crippen LogP contribution in [0.15, 0.2) is 36.4 Å². The molecule has 0 radical (unpaired) electrons.